The molecule has 1 aromatic heterocycles. The maximum Gasteiger partial charge on any atom is 0.264 e. The van der Waals surface area contributed by atoms with Crippen molar-refractivity contribution < 1.29 is 14.7 Å². The number of aromatic hydroxyl groups is 1. The summed E-state index contributed by atoms with van der Waals surface area (Å²) in [6.45, 7) is 3.06. The number of carbonyl (C=O) groups is 2. The van der Waals surface area contributed by atoms with Crippen LogP contribution in [0.15, 0.2) is 63.2 Å². The molecule has 0 saturated heterocycles. The topological polar surface area (TPSA) is 96.0 Å². The van der Waals surface area contributed by atoms with Crippen LogP contribution in [-0.4, -0.2) is 28.0 Å². The van der Waals surface area contributed by atoms with Crippen LogP contribution in [0, 0.1) is 0 Å². The predicted molar refractivity (Wildman–Crippen MR) is 124 cm³/mol. The predicted octanol–water partition coefficient (Wildman–Crippen LogP) is 5.73. The Bertz CT molecular complexity index is 1090. The van der Waals surface area contributed by atoms with Crippen molar-refractivity contribution in [3.8, 4) is 5.88 Å². The number of fused-ring (bicyclic) bond motifs is 1. The number of carbonyl (C=O) groups excluding carboxylic acids is 2. The lowest BCUT2D eigenvalue weighted by Crippen LogP contribution is -2.24. The maximum absolute atomic E-state index is 12.1. The summed E-state index contributed by atoms with van der Waals surface area (Å²) in [5.41, 5.74) is 1.77. The SMILES string of the molecule is CCn1c(O)c(N=NC(=O)CCCCCNC(=O)c2ccccc2)c2cc(Br)ccc21. The highest BCUT2D eigenvalue weighted by molar-refractivity contribution is 9.10. The zero-order valence-corrected chi connectivity index (χ0v) is 18.9. The van der Waals surface area contributed by atoms with Crippen molar-refractivity contribution in [1.29, 1.82) is 0 Å². The molecule has 8 heteroatoms. The quantitative estimate of drug-likeness (QED) is 0.299. The highest BCUT2D eigenvalue weighted by Crippen LogP contribution is 2.40. The van der Waals surface area contributed by atoms with Crippen LogP contribution >= 0.6 is 15.9 Å². The molecule has 3 rings (SSSR count). The Labute approximate surface area is 189 Å². The number of hydrogen-bond donors (Lipinski definition) is 2. The molecule has 3 aromatic rings. The molecule has 0 atom stereocenters. The third-order valence-electron chi connectivity index (χ3n) is 4.94. The fourth-order valence-electron chi connectivity index (χ4n) is 3.34. The first-order chi connectivity index (χ1) is 15.0. The van der Waals surface area contributed by atoms with Gasteiger partial charge in [0.2, 0.25) is 5.88 Å². The number of halogens is 1. The Morgan fingerprint density at radius 1 is 1.10 bits per heavy atom. The summed E-state index contributed by atoms with van der Waals surface area (Å²) >= 11 is 3.42. The van der Waals surface area contributed by atoms with Crippen molar-refractivity contribution in [2.45, 2.75) is 39.2 Å². The monoisotopic (exact) mass is 484 g/mol. The van der Waals surface area contributed by atoms with Gasteiger partial charge in [-0.05, 0) is 50.1 Å². The van der Waals surface area contributed by atoms with Crippen LogP contribution in [0.1, 0.15) is 43.0 Å². The highest BCUT2D eigenvalue weighted by Gasteiger charge is 2.16. The summed E-state index contributed by atoms with van der Waals surface area (Å²) in [6, 6.07) is 14.7. The highest BCUT2D eigenvalue weighted by atomic mass is 79.9. The lowest BCUT2D eigenvalue weighted by Gasteiger charge is -2.04. The smallest absolute Gasteiger partial charge is 0.264 e. The second-order valence-corrected chi connectivity index (χ2v) is 8.02. The van der Waals surface area contributed by atoms with E-state index in [0.29, 0.717) is 30.8 Å². The molecule has 0 spiro atoms. The van der Waals surface area contributed by atoms with Gasteiger partial charge in [0.05, 0.1) is 5.52 Å². The van der Waals surface area contributed by atoms with E-state index in [1.165, 1.54) is 0 Å². The number of rotatable bonds is 9. The molecule has 2 N–H and O–H groups in total. The van der Waals surface area contributed by atoms with E-state index < -0.39 is 0 Å². The summed E-state index contributed by atoms with van der Waals surface area (Å²) in [5, 5.41) is 21.9. The van der Waals surface area contributed by atoms with E-state index in [1.54, 1.807) is 16.7 Å². The first-order valence-electron chi connectivity index (χ1n) is 10.3. The molecule has 2 amide bonds. The molecule has 0 aliphatic rings. The number of unbranched alkanes of at least 4 members (excludes halogenated alkanes) is 2. The van der Waals surface area contributed by atoms with Gasteiger partial charge in [0, 0.05) is 34.9 Å². The van der Waals surface area contributed by atoms with Gasteiger partial charge in [-0.1, -0.05) is 40.5 Å². The van der Waals surface area contributed by atoms with E-state index in [4.69, 9.17) is 0 Å². The van der Waals surface area contributed by atoms with Crippen LogP contribution < -0.4 is 5.32 Å². The van der Waals surface area contributed by atoms with E-state index in [1.807, 2.05) is 43.3 Å². The molecule has 0 unspecified atom stereocenters. The fourth-order valence-corrected chi connectivity index (χ4v) is 3.70. The molecule has 1 heterocycles. The van der Waals surface area contributed by atoms with Gasteiger partial charge in [-0.3, -0.25) is 9.59 Å². The minimum absolute atomic E-state index is 0.00121. The average molecular weight is 485 g/mol. The fraction of sp³-hybridized carbons (Fsp3) is 0.304. The number of nitrogens with one attached hydrogen (secondary N) is 1. The van der Waals surface area contributed by atoms with E-state index in [0.717, 1.165) is 28.2 Å². The number of azo groups is 1. The Morgan fingerprint density at radius 2 is 1.87 bits per heavy atom. The van der Waals surface area contributed by atoms with Gasteiger partial charge in [-0.25, -0.2) is 0 Å². The molecule has 0 bridgehead atoms. The third-order valence-corrected chi connectivity index (χ3v) is 5.43. The van der Waals surface area contributed by atoms with Crippen molar-refractivity contribution in [3.05, 3.63) is 58.6 Å². The minimum atomic E-state index is -0.333. The van der Waals surface area contributed by atoms with Crippen LogP contribution in [0.3, 0.4) is 0 Å². The van der Waals surface area contributed by atoms with Gasteiger partial charge < -0.3 is 15.0 Å². The molecule has 31 heavy (non-hydrogen) atoms. The number of hydrogen-bond acceptors (Lipinski definition) is 4. The molecule has 2 aromatic carbocycles. The average Bonchev–Trinajstić information content (AvgIpc) is 3.04. The Morgan fingerprint density at radius 3 is 2.61 bits per heavy atom. The number of aromatic nitrogens is 1. The van der Waals surface area contributed by atoms with E-state index >= 15 is 0 Å². The molecule has 7 nitrogen and oxygen atoms in total. The zero-order valence-electron chi connectivity index (χ0n) is 17.3. The first kappa shape index (κ1) is 22.7. The molecule has 0 radical (unpaired) electrons. The summed E-state index contributed by atoms with van der Waals surface area (Å²) in [6.07, 6.45) is 2.51. The lowest BCUT2D eigenvalue weighted by molar-refractivity contribution is -0.118. The van der Waals surface area contributed by atoms with Gasteiger partial charge in [0.25, 0.3) is 11.8 Å². The van der Waals surface area contributed by atoms with Crippen LogP contribution in [-0.2, 0) is 11.3 Å². The second kappa shape index (κ2) is 10.9. The number of benzene rings is 2. The number of nitrogens with zero attached hydrogens (tertiary/aromatic N) is 3. The van der Waals surface area contributed by atoms with Crippen LogP contribution in [0.2, 0.25) is 0 Å². The molecule has 0 aliphatic heterocycles. The van der Waals surface area contributed by atoms with Crippen molar-refractivity contribution in [2.75, 3.05) is 6.54 Å². The Hall–Kier alpha value is -3.00. The first-order valence-corrected chi connectivity index (χ1v) is 11.1. The number of aryl methyl sites for hydroxylation is 1. The minimum Gasteiger partial charge on any atom is -0.493 e. The Balaban J connectivity index is 1.46. The molecule has 0 saturated carbocycles. The van der Waals surface area contributed by atoms with Gasteiger partial charge >= 0.3 is 0 Å². The second-order valence-electron chi connectivity index (χ2n) is 7.10. The van der Waals surface area contributed by atoms with Crippen molar-refractivity contribution in [1.82, 2.24) is 9.88 Å². The van der Waals surface area contributed by atoms with E-state index in [2.05, 4.69) is 31.5 Å². The summed E-state index contributed by atoms with van der Waals surface area (Å²) in [5.74, 6) is -0.426. The largest absolute Gasteiger partial charge is 0.493 e. The van der Waals surface area contributed by atoms with Gasteiger partial charge in [0.15, 0.2) is 5.69 Å². The van der Waals surface area contributed by atoms with Crippen LogP contribution in [0.4, 0.5) is 5.69 Å². The molecule has 0 aliphatic carbocycles. The van der Waals surface area contributed by atoms with E-state index in [9.17, 15) is 14.7 Å². The number of amides is 2. The van der Waals surface area contributed by atoms with Crippen LogP contribution in [0.25, 0.3) is 10.9 Å². The normalized spacial score (nSPS) is 11.3. The molecular formula is C23H25BrN4O3. The summed E-state index contributed by atoms with van der Waals surface area (Å²) in [4.78, 5) is 24.1. The van der Waals surface area contributed by atoms with Crippen molar-refractivity contribution in [3.63, 3.8) is 0 Å². The van der Waals surface area contributed by atoms with Crippen LogP contribution in [0.5, 0.6) is 5.88 Å². The zero-order chi connectivity index (χ0) is 22.2. The van der Waals surface area contributed by atoms with Crippen molar-refractivity contribution >= 4 is 44.3 Å². The summed E-state index contributed by atoms with van der Waals surface area (Å²) in [7, 11) is 0. The maximum atomic E-state index is 12.1. The van der Waals surface area contributed by atoms with Gasteiger partial charge in [-0.15, -0.1) is 10.2 Å². The lowest BCUT2D eigenvalue weighted by atomic mass is 10.2. The van der Waals surface area contributed by atoms with E-state index in [-0.39, 0.29) is 24.1 Å². The van der Waals surface area contributed by atoms with Gasteiger partial charge in [-0.2, -0.15) is 0 Å². The standard InChI is InChI=1S/C23H25BrN4O3/c1-2-28-19-13-12-17(24)15-18(19)21(23(28)31)27-26-20(29)11-7-4-8-14-25-22(30)16-9-5-3-6-10-16/h3,5-6,9-10,12-13,15,31H,2,4,7-8,11,14H2,1H3,(H,25,30). The summed E-state index contributed by atoms with van der Waals surface area (Å²) < 4.78 is 2.58. The van der Waals surface area contributed by atoms with Gasteiger partial charge in [0.1, 0.15) is 0 Å². The molecule has 162 valence electrons. The third kappa shape index (κ3) is 5.79. The molecule has 0 fully saturated rings. The Kier molecular flexibility index (Phi) is 7.94. The molecular weight excluding hydrogens is 460 g/mol. The van der Waals surface area contributed by atoms with Crippen molar-refractivity contribution in [2.24, 2.45) is 10.2 Å².